The highest BCUT2D eigenvalue weighted by Gasteiger charge is 2.15. The second-order valence-electron chi connectivity index (χ2n) is 3.06. The molecule has 6 nitrogen and oxygen atoms in total. The quantitative estimate of drug-likeness (QED) is 0.683. The average Bonchev–Trinajstić information content (AvgIpc) is 2.30. The summed E-state index contributed by atoms with van der Waals surface area (Å²) >= 11 is 0. The summed E-state index contributed by atoms with van der Waals surface area (Å²) in [7, 11) is 0. The van der Waals surface area contributed by atoms with Gasteiger partial charge in [0.25, 0.3) is 0 Å². The van der Waals surface area contributed by atoms with Crippen LogP contribution in [-0.2, 0) is 0 Å². The first kappa shape index (κ1) is 9.01. The van der Waals surface area contributed by atoms with E-state index in [4.69, 9.17) is 0 Å². The van der Waals surface area contributed by atoms with E-state index in [9.17, 15) is 4.91 Å². The molecule has 6 heteroatoms. The van der Waals surface area contributed by atoms with E-state index in [1.54, 1.807) is 0 Å². The van der Waals surface area contributed by atoms with E-state index >= 15 is 0 Å². The van der Waals surface area contributed by atoms with E-state index in [-0.39, 0.29) is 0 Å². The zero-order valence-electron chi connectivity index (χ0n) is 7.68. The molecule has 1 saturated heterocycles. The predicted molar refractivity (Wildman–Crippen MR) is 52.6 cm³/mol. The van der Waals surface area contributed by atoms with Gasteiger partial charge in [-0.15, -0.1) is 4.91 Å². The van der Waals surface area contributed by atoms with Gasteiger partial charge in [0, 0.05) is 26.2 Å². The summed E-state index contributed by atoms with van der Waals surface area (Å²) in [6.07, 6.45) is 2.88. The minimum Gasteiger partial charge on any atom is -0.352 e. The number of piperazine rings is 1. The third-order valence-electron chi connectivity index (χ3n) is 2.19. The van der Waals surface area contributed by atoms with Crippen LogP contribution in [0.25, 0.3) is 0 Å². The Morgan fingerprint density at radius 3 is 2.93 bits per heavy atom. The molecule has 1 aromatic rings. The first-order valence-electron chi connectivity index (χ1n) is 4.51. The summed E-state index contributed by atoms with van der Waals surface area (Å²) in [6, 6.07) is 0. The molecule has 2 heterocycles. The van der Waals surface area contributed by atoms with E-state index in [1.807, 2.05) is 4.90 Å². The molecule has 0 spiro atoms. The molecule has 0 radical (unpaired) electrons. The van der Waals surface area contributed by atoms with Crippen LogP contribution in [0.2, 0.25) is 0 Å². The van der Waals surface area contributed by atoms with Crippen molar-refractivity contribution >= 4 is 11.5 Å². The average molecular weight is 193 g/mol. The zero-order chi connectivity index (χ0) is 9.80. The molecule has 1 N–H and O–H groups in total. The molecule has 0 amide bonds. The van der Waals surface area contributed by atoms with Crippen molar-refractivity contribution in [2.45, 2.75) is 0 Å². The van der Waals surface area contributed by atoms with Crippen molar-refractivity contribution in [3.05, 3.63) is 17.4 Å². The van der Waals surface area contributed by atoms with Gasteiger partial charge in [-0.3, -0.25) is 0 Å². The Bertz CT molecular complexity index is 323. The largest absolute Gasteiger partial charge is 0.352 e. The summed E-state index contributed by atoms with van der Waals surface area (Å²) in [5.74, 6) is 0.636. The highest BCUT2D eigenvalue weighted by Crippen LogP contribution is 2.24. The minimum absolute atomic E-state index is 0.314. The third-order valence-corrected chi connectivity index (χ3v) is 2.19. The van der Waals surface area contributed by atoms with Gasteiger partial charge in [0.2, 0.25) is 0 Å². The van der Waals surface area contributed by atoms with Crippen molar-refractivity contribution in [2.24, 2.45) is 5.18 Å². The number of aromatic nitrogens is 2. The number of anilines is 1. The van der Waals surface area contributed by atoms with Gasteiger partial charge in [0.15, 0.2) is 11.5 Å². The molecule has 14 heavy (non-hydrogen) atoms. The molecule has 74 valence electrons. The van der Waals surface area contributed by atoms with Gasteiger partial charge in [0.05, 0.1) is 6.20 Å². The van der Waals surface area contributed by atoms with Gasteiger partial charge in [-0.1, -0.05) is 0 Å². The molecule has 0 bridgehead atoms. The smallest absolute Gasteiger partial charge is 0.168 e. The van der Waals surface area contributed by atoms with Gasteiger partial charge in [0.1, 0.15) is 6.33 Å². The van der Waals surface area contributed by atoms with Gasteiger partial charge in [-0.2, -0.15) is 0 Å². The number of nitrogens with one attached hydrogen (secondary N) is 1. The molecule has 0 saturated carbocycles. The molecule has 1 aliphatic heterocycles. The number of nitrogens with zero attached hydrogens (tertiary/aromatic N) is 4. The fourth-order valence-corrected chi connectivity index (χ4v) is 1.50. The van der Waals surface area contributed by atoms with Crippen LogP contribution in [-0.4, -0.2) is 36.1 Å². The van der Waals surface area contributed by atoms with Crippen molar-refractivity contribution in [3.8, 4) is 0 Å². The van der Waals surface area contributed by atoms with E-state index in [0.29, 0.717) is 11.5 Å². The van der Waals surface area contributed by atoms with Crippen LogP contribution in [0.3, 0.4) is 0 Å². The lowest BCUT2D eigenvalue weighted by molar-refractivity contribution is 0.585. The fraction of sp³-hybridized carbons (Fsp3) is 0.500. The summed E-state index contributed by atoms with van der Waals surface area (Å²) in [5, 5.41) is 6.14. The number of hydrogen-bond donors (Lipinski definition) is 1. The van der Waals surface area contributed by atoms with Gasteiger partial charge < -0.3 is 10.2 Å². The van der Waals surface area contributed by atoms with Crippen LogP contribution >= 0.6 is 0 Å². The number of nitroso groups, excluding NO2 is 1. The van der Waals surface area contributed by atoms with E-state index in [2.05, 4.69) is 20.5 Å². The number of rotatable bonds is 2. The summed E-state index contributed by atoms with van der Waals surface area (Å²) in [4.78, 5) is 20.4. The van der Waals surface area contributed by atoms with Crippen LogP contribution < -0.4 is 10.2 Å². The summed E-state index contributed by atoms with van der Waals surface area (Å²) in [5.41, 5.74) is 0.314. The second kappa shape index (κ2) is 4.10. The van der Waals surface area contributed by atoms with Crippen LogP contribution in [0.15, 0.2) is 17.7 Å². The van der Waals surface area contributed by atoms with Crippen LogP contribution in [0.5, 0.6) is 0 Å². The molecular formula is C8H11N5O. The highest BCUT2D eigenvalue weighted by atomic mass is 16.3. The predicted octanol–water partition coefficient (Wildman–Crippen LogP) is 0.284. The topological polar surface area (TPSA) is 70.5 Å². The van der Waals surface area contributed by atoms with Crippen molar-refractivity contribution in [1.82, 2.24) is 15.3 Å². The monoisotopic (exact) mass is 193 g/mol. The lowest BCUT2D eigenvalue weighted by Crippen LogP contribution is -2.43. The standard InChI is InChI=1S/C8H11N5O/c14-12-7-5-10-6-11-8(7)13-3-1-9-2-4-13/h5-6,9H,1-4H2. The van der Waals surface area contributed by atoms with Gasteiger partial charge >= 0.3 is 0 Å². The molecule has 0 aliphatic carbocycles. The Labute approximate surface area is 81.3 Å². The molecule has 2 rings (SSSR count). The lowest BCUT2D eigenvalue weighted by atomic mass is 10.3. The van der Waals surface area contributed by atoms with E-state index in [1.165, 1.54) is 12.5 Å². The molecule has 1 fully saturated rings. The second-order valence-corrected chi connectivity index (χ2v) is 3.06. The third kappa shape index (κ3) is 1.69. The number of hydrogen-bond acceptors (Lipinski definition) is 6. The summed E-state index contributed by atoms with van der Waals surface area (Å²) in [6.45, 7) is 3.50. The normalized spacial score (nSPS) is 16.7. The highest BCUT2D eigenvalue weighted by molar-refractivity contribution is 5.60. The molecule has 1 aliphatic rings. The van der Waals surface area contributed by atoms with Crippen molar-refractivity contribution in [2.75, 3.05) is 31.1 Å². The molecule has 1 aromatic heterocycles. The lowest BCUT2D eigenvalue weighted by Gasteiger charge is -2.28. The maximum Gasteiger partial charge on any atom is 0.168 e. The van der Waals surface area contributed by atoms with Crippen LogP contribution in [0.1, 0.15) is 0 Å². The Kier molecular flexibility index (Phi) is 2.64. The zero-order valence-corrected chi connectivity index (χ0v) is 7.68. The Balaban J connectivity index is 2.24. The van der Waals surface area contributed by atoms with Crippen molar-refractivity contribution < 1.29 is 0 Å². The van der Waals surface area contributed by atoms with Crippen molar-refractivity contribution in [3.63, 3.8) is 0 Å². The van der Waals surface area contributed by atoms with E-state index in [0.717, 1.165) is 26.2 Å². The maximum atomic E-state index is 10.5. The minimum atomic E-state index is 0.314. The fourth-order valence-electron chi connectivity index (χ4n) is 1.50. The molecule has 0 atom stereocenters. The SMILES string of the molecule is O=Nc1cncnc1N1CCNCC1. The Hall–Kier alpha value is -1.56. The van der Waals surface area contributed by atoms with Crippen LogP contribution in [0.4, 0.5) is 11.5 Å². The van der Waals surface area contributed by atoms with Crippen LogP contribution in [0, 0.1) is 4.91 Å². The Morgan fingerprint density at radius 1 is 1.43 bits per heavy atom. The maximum absolute atomic E-state index is 10.5. The van der Waals surface area contributed by atoms with Gasteiger partial charge in [-0.25, -0.2) is 9.97 Å². The van der Waals surface area contributed by atoms with Gasteiger partial charge in [-0.05, 0) is 5.18 Å². The summed E-state index contributed by atoms with van der Waals surface area (Å²) < 4.78 is 0. The molecule has 0 unspecified atom stereocenters. The first-order chi connectivity index (χ1) is 6.92. The van der Waals surface area contributed by atoms with E-state index < -0.39 is 0 Å². The Morgan fingerprint density at radius 2 is 2.21 bits per heavy atom. The molecular weight excluding hydrogens is 182 g/mol. The molecule has 0 aromatic carbocycles. The van der Waals surface area contributed by atoms with Crippen molar-refractivity contribution in [1.29, 1.82) is 0 Å². The first-order valence-corrected chi connectivity index (χ1v) is 4.51.